The largest absolute Gasteiger partial charge is 0.0775 e. The molecule has 0 aliphatic carbocycles. The molecule has 0 spiro atoms. The smallest absolute Gasteiger partial charge is 0.0304 e. The average molecular weight is 551 g/mol. The van der Waals surface area contributed by atoms with Gasteiger partial charge in [0.2, 0.25) is 0 Å². The van der Waals surface area contributed by atoms with E-state index in [9.17, 15) is 0 Å². The van der Waals surface area contributed by atoms with Gasteiger partial charge >= 0.3 is 0 Å². The molecule has 2 unspecified atom stereocenters. The molecule has 0 amide bonds. The van der Waals surface area contributed by atoms with Gasteiger partial charge in [-0.25, -0.2) is 0 Å². The molecule has 0 aliphatic rings. The third kappa shape index (κ3) is 6.16. The minimum Gasteiger partial charge on any atom is -0.0775 e. The van der Waals surface area contributed by atoms with Crippen LogP contribution in [0.1, 0.15) is 33.6 Å². The van der Waals surface area contributed by atoms with Gasteiger partial charge in [-0.2, -0.15) is 0 Å². The standard InChI is InChI=1S/C38H32P2/c1-5-17-29(18-6-1)37(30-19-7-2-8-20-30)39-35-27-15-13-25-33(35)34-26-14-16-28-36(34)40-38(31-21-9-3-10-22-31)32-23-11-4-12-24-32/h1-28,37-40H. The fraction of sp³-hybridized carbons (Fsp3) is 0.0526. The lowest BCUT2D eigenvalue weighted by atomic mass is 10.0. The first-order valence-electron chi connectivity index (χ1n) is 13.8. The number of rotatable bonds is 9. The van der Waals surface area contributed by atoms with Crippen LogP contribution in [0.25, 0.3) is 11.1 Å². The first kappa shape index (κ1) is 26.4. The molecule has 6 aromatic rings. The number of hydrogen-bond donors (Lipinski definition) is 0. The molecule has 0 heterocycles. The van der Waals surface area contributed by atoms with Crippen LogP contribution in [0.5, 0.6) is 0 Å². The first-order chi connectivity index (χ1) is 19.9. The molecule has 40 heavy (non-hydrogen) atoms. The van der Waals surface area contributed by atoms with Gasteiger partial charge in [-0.1, -0.05) is 187 Å². The van der Waals surface area contributed by atoms with Crippen LogP contribution in [-0.2, 0) is 0 Å². The fourth-order valence-electron chi connectivity index (χ4n) is 5.30. The van der Waals surface area contributed by atoms with Crippen LogP contribution in [0, 0.1) is 0 Å². The zero-order valence-electron chi connectivity index (χ0n) is 22.3. The predicted molar refractivity (Wildman–Crippen MR) is 177 cm³/mol. The highest BCUT2D eigenvalue weighted by molar-refractivity contribution is 7.49. The van der Waals surface area contributed by atoms with Crippen LogP contribution in [0.3, 0.4) is 0 Å². The Bertz CT molecular complexity index is 1430. The van der Waals surface area contributed by atoms with Crippen molar-refractivity contribution in [2.45, 2.75) is 11.3 Å². The van der Waals surface area contributed by atoms with Gasteiger partial charge in [0.1, 0.15) is 0 Å². The lowest BCUT2D eigenvalue weighted by molar-refractivity contribution is 1.15. The van der Waals surface area contributed by atoms with Gasteiger partial charge in [0.25, 0.3) is 0 Å². The Morgan fingerprint density at radius 3 is 0.825 bits per heavy atom. The van der Waals surface area contributed by atoms with Gasteiger partial charge in [-0.05, 0) is 44.0 Å². The van der Waals surface area contributed by atoms with Crippen molar-refractivity contribution in [1.29, 1.82) is 0 Å². The summed E-state index contributed by atoms with van der Waals surface area (Å²) in [5.74, 6) is 0. The Hall–Kier alpha value is -3.82. The molecule has 0 aliphatic heterocycles. The van der Waals surface area contributed by atoms with E-state index in [1.807, 2.05) is 0 Å². The molecule has 0 aromatic heterocycles. The molecule has 0 bridgehead atoms. The second-order valence-corrected chi connectivity index (χ2v) is 12.7. The summed E-state index contributed by atoms with van der Waals surface area (Å²) in [6.07, 6.45) is 0. The molecular weight excluding hydrogens is 518 g/mol. The highest BCUT2D eigenvalue weighted by Gasteiger charge is 2.20. The van der Waals surface area contributed by atoms with Crippen molar-refractivity contribution in [3.05, 3.63) is 192 Å². The molecule has 0 nitrogen and oxygen atoms in total. The molecule has 2 atom stereocenters. The highest BCUT2D eigenvalue weighted by atomic mass is 31.1. The van der Waals surface area contributed by atoms with E-state index < -0.39 is 0 Å². The molecule has 0 saturated heterocycles. The Kier molecular flexibility index (Phi) is 8.60. The van der Waals surface area contributed by atoms with Crippen molar-refractivity contribution in [2.75, 3.05) is 0 Å². The zero-order valence-corrected chi connectivity index (χ0v) is 24.3. The Morgan fingerprint density at radius 1 is 0.275 bits per heavy atom. The average Bonchev–Trinajstić information content (AvgIpc) is 3.04. The van der Waals surface area contributed by atoms with Gasteiger partial charge in [0.05, 0.1) is 0 Å². The lowest BCUT2D eigenvalue weighted by Gasteiger charge is -2.23. The summed E-state index contributed by atoms with van der Waals surface area (Å²) >= 11 is 0. The minimum absolute atomic E-state index is 0.319. The number of benzene rings is 6. The summed E-state index contributed by atoms with van der Waals surface area (Å²) in [7, 11) is 1.23. The van der Waals surface area contributed by atoms with Crippen molar-refractivity contribution in [2.24, 2.45) is 0 Å². The molecule has 2 heteroatoms. The SMILES string of the molecule is c1ccc(C(Pc2ccccc2-c2ccccc2PC(c2ccccc2)c2ccccc2)c2ccccc2)cc1. The van der Waals surface area contributed by atoms with Crippen molar-refractivity contribution < 1.29 is 0 Å². The molecule has 6 aromatic carbocycles. The van der Waals surface area contributed by atoms with E-state index in [-0.39, 0.29) is 0 Å². The van der Waals surface area contributed by atoms with Gasteiger partial charge in [-0.15, -0.1) is 0 Å². The monoisotopic (exact) mass is 550 g/mol. The van der Waals surface area contributed by atoms with Crippen molar-refractivity contribution in [3.63, 3.8) is 0 Å². The number of hydrogen-bond acceptors (Lipinski definition) is 0. The summed E-state index contributed by atoms with van der Waals surface area (Å²) in [5.41, 5.74) is 8.80. The maximum Gasteiger partial charge on any atom is 0.0304 e. The first-order valence-corrected chi connectivity index (χ1v) is 15.9. The fourth-order valence-corrected chi connectivity index (χ4v) is 8.49. The van der Waals surface area contributed by atoms with Crippen LogP contribution in [0.15, 0.2) is 170 Å². The van der Waals surface area contributed by atoms with Crippen molar-refractivity contribution >= 4 is 27.8 Å². The molecule has 0 N–H and O–H groups in total. The van der Waals surface area contributed by atoms with Gasteiger partial charge in [-0.3, -0.25) is 0 Å². The topological polar surface area (TPSA) is 0 Å². The lowest BCUT2D eigenvalue weighted by Crippen LogP contribution is -2.11. The van der Waals surface area contributed by atoms with E-state index in [1.54, 1.807) is 0 Å². The third-order valence-electron chi connectivity index (χ3n) is 7.28. The van der Waals surface area contributed by atoms with Gasteiger partial charge < -0.3 is 0 Å². The summed E-state index contributed by atoms with van der Waals surface area (Å²) < 4.78 is 0. The third-order valence-corrected chi connectivity index (χ3v) is 10.7. The Morgan fingerprint density at radius 2 is 0.525 bits per heavy atom. The molecule has 6 rings (SSSR count). The van der Waals surface area contributed by atoms with Crippen LogP contribution in [0.2, 0.25) is 0 Å². The highest BCUT2D eigenvalue weighted by Crippen LogP contribution is 2.44. The molecular formula is C38H32P2. The van der Waals surface area contributed by atoms with E-state index in [2.05, 4.69) is 170 Å². The zero-order chi connectivity index (χ0) is 27.0. The van der Waals surface area contributed by atoms with E-state index in [4.69, 9.17) is 0 Å². The molecule has 0 radical (unpaired) electrons. The van der Waals surface area contributed by atoms with E-state index in [0.29, 0.717) is 28.5 Å². The predicted octanol–water partition coefficient (Wildman–Crippen LogP) is 9.54. The Balaban J connectivity index is 1.40. The summed E-state index contributed by atoms with van der Waals surface area (Å²) in [6, 6.07) is 61.9. The second-order valence-electron chi connectivity index (χ2n) is 9.89. The van der Waals surface area contributed by atoms with E-state index in [0.717, 1.165) is 0 Å². The normalized spacial score (nSPS) is 11.8. The van der Waals surface area contributed by atoms with Crippen molar-refractivity contribution in [1.82, 2.24) is 0 Å². The van der Waals surface area contributed by atoms with Gasteiger partial charge in [0.15, 0.2) is 0 Å². The quantitative estimate of drug-likeness (QED) is 0.157. The van der Waals surface area contributed by atoms with Crippen LogP contribution in [0.4, 0.5) is 0 Å². The summed E-state index contributed by atoms with van der Waals surface area (Å²) in [5, 5.41) is 2.82. The molecule has 0 fully saturated rings. The maximum absolute atomic E-state index is 2.33. The second kappa shape index (κ2) is 13.0. The summed E-state index contributed by atoms with van der Waals surface area (Å²) in [6.45, 7) is 0. The molecule has 0 saturated carbocycles. The van der Waals surface area contributed by atoms with Crippen molar-refractivity contribution in [3.8, 4) is 11.1 Å². The molecule has 194 valence electrons. The van der Waals surface area contributed by atoms with E-state index in [1.165, 1.54) is 44.0 Å². The van der Waals surface area contributed by atoms with Crippen LogP contribution < -0.4 is 10.6 Å². The van der Waals surface area contributed by atoms with Crippen LogP contribution >= 0.6 is 17.2 Å². The van der Waals surface area contributed by atoms with Crippen LogP contribution in [-0.4, -0.2) is 0 Å². The minimum atomic E-state index is 0.319. The Labute approximate surface area is 241 Å². The summed E-state index contributed by atoms with van der Waals surface area (Å²) in [4.78, 5) is 0. The maximum atomic E-state index is 2.33. The van der Waals surface area contributed by atoms with Gasteiger partial charge in [0, 0.05) is 11.3 Å². The van der Waals surface area contributed by atoms with E-state index >= 15 is 0 Å².